The highest BCUT2D eigenvalue weighted by Gasteiger charge is 2.15. The second-order valence-corrected chi connectivity index (χ2v) is 6.37. The van der Waals surface area contributed by atoms with E-state index in [0.29, 0.717) is 17.7 Å². The third-order valence-electron chi connectivity index (χ3n) is 2.80. The van der Waals surface area contributed by atoms with E-state index in [1.54, 1.807) is 6.92 Å². The lowest BCUT2D eigenvalue weighted by Gasteiger charge is -2.12. The fraction of sp³-hybridized carbons (Fsp3) is 0.462. The predicted molar refractivity (Wildman–Crippen MR) is 74.2 cm³/mol. The maximum absolute atomic E-state index is 12.1. The van der Waals surface area contributed by atoms with Crippen LogP contribution >= 0.6 is 0 Å². The molecule has 19 heavy (non-hydrogen) atoms. The summed E-state index contributed by atoms with van der Waals surface area (Å²) < 4.78 is 26.7. The highest BCUT2D eigenvalue weighted by atomic mass is 32.2. The zero-order chi connectivity index (χ0) is 14.5. The van der Waals surface area contributed by atoms with Crippen molar-refractivity contribution in [2.24, 2.45) is 5.92 Å². The summed E-state index contributed by atoms with van der Waals surface area (Å²) in [4.78, 5) is 0.195. The first-order chi connectivity index (χ1) is 8.90. The molecule has 1 rings (SSSR count). The van der Waals surface area contributed by atoms with Gasteiger partial charge < -0.3 is 5.32 Å². The summed E-state index contributed by atoms with van der Waals surface area (Å²) in [5.74, 6) is 0.208. The lowest BCUT2D eigenvalue weighted by Crippen LogP contribution is -2.32. The summed E-state index contributed by atoms with van der Waals surface area (Å²) in [5.41, 5.74) is 1.15. The van der Waals surface area contributed by atoms with Gasteiger partial charge in [-0.1, -0.05) is 6.92 Å². The summed E-state index contributed by atoms with van der Waals surface area (Å²) in [7, 11) is -1.68. The third-order valence-corrected chi connectivity index (χ3v) is 4.22. The van der Waals surface area contributed by atoms with Crippen molar-refractivity contribution in [1.29, 1.82) is 5.26 Å². The van der Waals surface area contributed by atoms with Gasteiger partial charge in [0.2, 0.25) is 10.0 Å². The van der Waals surface area contributed by atoms with Gasteiger partial charge in [-0.25, -0.2) is 13.1 Å². The quantitative estimate of drug-likeness (QED) is 0.815. The van der Waals surface area contributed by atoms with E-state index in [4.69, 9.17) is 5.26 Å². The number of aryl methyl sites for hydroxylation is 1. The van der Waals surface area contributed by atoms with Crippen LogP contribution < -0.4 is 10.0 Å². The van der Waals surface area contributed by atoms with Crippen LogP contribution in [0.2, 0.25) is 0 Å². The molecule has 0 aromatic heterocycles. The number of hydrogen-bond donors (Lipinski definition) is 2. The first-order valence-corrected chi connectivity index (χ1v) is 7.54. The molecule has 6 heteroatoms. The zero-order valence-corrected chi connectivity index (χ0v) is 12.2. The molecule has 0 aliphatic rings. The van der Waals surface area contributed by atoms with Crippen molar-refractivity contribution in [2.75, 3.05) is 20.1 Å². The van der Waals surface area contributed by atoms with Crippen LogP contribution in [0, 0.1) is 24.2 Å². The molecule has 0 aliphatic carbocycles. The Labute approximate surface area is 114 Å². The average Bonchev–Trinajstić information content (AvgIpc) is 2.37. The van der Waals surface area contributed by atoms with Gasteiger partial charge in [-0.05, 0) is 50.2 Å². The van der Waals surface area contributed by atoms with Gasteiger partial charge in [0.25, 0.3) is 0 Å². The summed E-state index contributed by atoms with van der Waals surface area (Å²) >= 11 is 0. The number of benzene rings is 1. The van der Waals surface area contributed by atoms with E-state index < -0.39 is 10.0 Å². The van der Waals surface area contributed by atoms with E-state index in [2.05, 4.69) is 10.0 Å². The van der Waals surface area contributed by atoms with E-state index in [9.17, 15) is 8.42 Å². The average molecular weight is 281 g/mol. The summed E-state index contributed by atoms with van der Waals surface area (Å²) in [5, 5.41) is 11.8. The topological polar surface area (TPSA) is 82.0 Å². The highest BCUT2D eigenvalue weighted by Crippen LogP contribution is 2.14. The van der Waals surface area contributed by atoms with Crippen molar-refractivity contribution in [1.82, 2.24) is 10.0 Å². The van der Waals surface area contributed by atoms with E-state index in [0.717, 1.165) is 6.54 Å². The van der Waals surface area contributed by atoms with Gasteiger partial charge in [-0.2, -0.15) is 5.26 Å². The molecule has 1 atom stereocenters. The van der Waals surface area contributed by atoms with E-state index >= 15 is 0 Å². The number of nitrogens with one attached hydrogen (secondary N) is 2. The Balaban J connectivity index is 2.84. The molecule has 0 radical (unpaired) electrons. The molecule has 2 N–H and O–H groups in total. The van der Waals surface area contributed by atoms with Crippen LogP contribution in [0.4, 0.5) is 0 Å². The molecular weight excluding hydrogens is 262 g/mol. The second kappa shape index (κ2) is 6.66. The molecule has 5 nitrogen and oxygen atoms in total. The molecule has 0 spiro atoms. The SMILES string of the molecule is CNCC(C)CNS(=O)(=O)c1ccc(C#N)c(C)c1. The van der Waals surface area contributed by atoms with Crippen LogP contribution in [0.5, 0.6) is 0 Å². The molecule has 0 fully saturated rings. The number of nitrogens with zero attached hydrogens (tertiary/aromatic N) is 1. The third kappa shape index (κ3) is 4.31. The Bertz CT molecular complexity index is 576. The van der Waals surface area contributed by atoms with Crippen LogP contribution in [-0.4, -0.2) is 28.6 Å². The molecule has 0 saturated carbocycles. The molecule has 1 aromatic rings. The first-order valence-electron chi connectivity index (χ1n) is 6.05. The van der Waals surface area contributed by atoms with Crippen LogP contribution in [-0.2, 0) is 10.0 Å². The standard InChI is InChI=1S/C13H19N3O2S/c1-10(8-15-3)9-16-19(17,18)13-5-4-12(7-14)11(2)6-13/h4-6,10,15-16H,8-9H2,1-3H3. The van der Waals surface area contributed by atoms with Crippen LogP contribution in [0.1, 0.15) is 18.1 Å². The molecule has 0 bridgehead atoms. The van der Waals surface area contributed by atoms with Crippen LogP contribution in [0.15, 0.2) is 23.1 Å². The molecule has 0 aliphatic heterocycles. The van der Waals surface area contributed by atoms with E-state index in [1.807, 2.05) is 20.0 Å². The Morgan fingerprint density at radius 1 is 1.37 bits per heavy atom. The maximum atomic E-state index is 12.1. The minimum absolute atomic E-state index is 0.195. The minimum Gasteiger partial charge on any atom is -0.319 e. The molecule has 0 amide bonds. The predicted octanol–water partition coefficient (Wildman–Crippen LogP) is 1.00. The number of hydrogen-bond acceptors (Lipinski definition) is 4. The first kappa shape index (κ1) is 15.6. The molecule has 0 heterocycles. The van der Waals surface area contributed by atoms with Gasteiger partial charge in [0, 0.05) is 6.54 Å². The molecule has 0 saturated heterocycles. The lowest BCUT2D eigenvalue weighted by atomic mass is 10.1. The van der Waals surface area contributed by atoms with Gasteiger partial charge in [0.15, 0.2) is 0 Å². The number of sulfonamides is 1. The van der Waals surface area contributed by atoms with Gasteiger partial charge in [0.05, 0.1) is 16.5 Å². The van der Waals surface area contributed by atoms with Crippen LogP contribution in [0.3, 0.4) is 0 Å². The van der Waals surface area contributed by atoms with Crippen molar-refractivity contribution in [2.45, 2.75) is 18.7 Å². The Kier molecular flexibility index (Phi) is 5.48. The van der Waals surface area contributed by atoms with Gasteiger partial charge >= 0.3 is 0 Å². The maximum Gasteiger partial charge on any atom is 0.240 e. The fourth-order valence-corrected chi connectivity index (χ4v) is 2.93. The van der Waals surface area contributed by atoms with Crippen LogP contribution in [0.25, 0.3) is 0 Å². The van der Waals surface area contributed by atoms with Crippen molar-refractivity contribution < 1.29 is 8.42 Å². The number of rotatable bonds is 6. The Hall–Kier alpha value is -1.42. The highest BCUT2D eigenvalue weighted by molar-refractivity contribution is 7.89. The largest absolute Gasteiger partial charge is 0.319 e. The normalized spacial score (nSPS) is 12.9. The molecule has 1 aromatic carbocycles. The summed E-state index contributed by atoms with van der Waals surface area (Å²) in [6.45, 7) is 4.81. The lowest BCUT2D eigenvalue weighted by molar-refractivity contribution is 0.519. The molecule has 104 valence electrons. The van der Waals surface area contributed by atoms with Crippen molar-refractivity contribution in [3.63, 3.8) is 0 Å². The van der Waals surface area contributed by atoms with Gasteiger partial charge in [-0.15, -0.1) is 0 Å². The smallest absolute Gasteiger partial charge is 0.240 e. The summed E-state index contributed by atoms with van der Waals surface area (Å²) in [6.07, 6.45) is 0. The minimum atomic E-state index is -3.51. The van der Waals surface area contributed by atoms with Crippen molar-refractivity contribution >= 4 is 10.0 Å². The number of nitriles is 1. The zero-order valence-electron chi connectivity index (χ0n) is 11.4. The van der Waals surface area contributed by atoms with Crippen molar-refractivity contribution in [3.05, 3.63) is 29.3 Å². The Morgan fingerprint density at radius 2 is 2.05 bits per heavy atom. The second-order valence-electron chi connectivity index (χ2n) is 4.60. The Morgan fingerprint density at radius 3 is 2.58 bits per heavy atom. The van der Waals surface area contributed by atoms with E-state index in [-0.39, 0.29) is 10.8 Å². The van der Waals surface area contributed by atoms with Gasteiger partial charge in [-0.3, -0.25) is 0 Å². The molecule has 1 unspecified atom stereocenters. The fourth-order valence-electron chi connectivity index (χ4n) is 1.68. The van der Waals surface area contributed by atoms with Gasteiger partial charge in [0.1, 0.15) is 0 Å². The monoisotopic (exact) mass is 281 g/mol. The summed E-state index contributed by atoms with van der Waals surface area (Å²) in [6, 6.07) is 6.52. The van der Waals surface area contributed by atoms with E-state index in [1.165, 1.54) is 18.2 Å². The van der Waals surface area contributed by atoms with Crippen molar-refractivity contribution in [3.8, 4) is 6.07 Å². The molecular formula is C13H19N3O2S.